The van der Waals surface area contributed by atoms with Crippen LogP contribution >= 0.6 is 0 Å². The molecule has 0 heterocycles. The Hall–Kier alpha value is -1.91. The zero-order valence-electron chi connectivity index (χ0n) is 11.1. The van der Waals surface area contributed by atoms with Gasteiger partial charge in [-0.2, -0.15) is 0 Å². The van der Waals surface area contributed by atoms with Crippen LogP contribution in [0.1, 0.15) is 25.3 Å². The summed E-state index contributed by atoms with van der Waals surface area (Å²) in [6.07, 6.45) is 1.40. The highest BCUT2D eigenvalue weighted by Crippen LogP contribution is 2.22. The average Bonchev–Trinajstić information content (AvgIpc) is 2.38. The van der Waals surface area contributed by atoms with Crippen molar-refractivity contribution in [3.8, 4) is 5.75 Å². The number of nitrogens with one attached hydrogen (secondary N) is 1. The minimum Gasteiger partial charge on any atom is -0.496 e. The monoisotopic (exact) mass is 251 g/mol. The number of nitrogens with zero attached hydrogens (tertiary/aromatic N) is 1. The summed E-state index contributed by atoms with van der Waals surface area (Å²) in [6.45, 7) is 4.05. The van der Waals surface area contributed by atoms with E-state index >= 15 is 0 Å². The number of oxime groups is 1. The minimum atomic E-state index is 0.147. The molecule has 0 aliphatic heterocycles. The fourth-order valence-electron chi connectivity index (χ4n) is 1.79. The summed E-state index contributed by atoms with van der Waals surface area (Å²) < 4.78 is 5.21. The van der Waals surface area contributed by atoms with E-state index in [1.165, 1.54) is 0 Å². The van der Waals surface area contributed by atoms with E-state index < -0.39 is 0 Å². The van der Waals surface area contributed by atoms with Crippen LogP contribution in [0.3, 0.4) is 0 Å². The van der Waals surface area contributed by atoms with Gasteiger partial charge in [-0.1, -0.05) is 12.1 Å². The van der Waals surface area contributed by atoms with Crippen LogP contribution in [0.15, 0.2) is 23.4 Å². The van der Waals surface area contributed by atoms with E-state index in [1.54, 1.807) is 7.11 Å². The lowest BCUT2D eigenvalue weighted by atomic mass is 10.1. The number of amidine groups is 1. The zero-order chi connectivity index (χ0) is 13.5. The Kier molecular flexibility index (Phi) is 5.30. The first-order chi connectivity index (χ1) is 8.60. The predicted molar refractivity (Wildman–Crippen MR) is 73.5 cm³/mol. The van der Waals surface area contributed by atoms with Crippen LogP contribution in [-0.4, -0.2) is 24.2 Å². The van der Waals surface area contributed by atoms with Crippen LogP contribution in [0.4, 0.5) is 5.69 Å². The number of hydrogen-bond donors (Lipinski definition) is 3. The number of ether oxygens (including phenoxy) is 1. The molecule has 0 saturated heterocycles. The van der Waals surface area contributed by atoms with E-state index in [1.807, 2.05) is 25.1 Å². The summed E-state index contributed by atoms with van der Waals surface area (Å²) in [5, 5.41) is 14.9. The highest BCUT2D eigenvalue weighted by molar-refractivity contribution is 5.80. The second-order valence-electron chi connectivity index (χ2n) is 4.23. The third-order valence-electron chi connectivity index (χ3n) is 2.84. The van der Waals surface area contributed by atoms with Crippen molar-refractivity contribution in [2.75, 3.05) is 12.4 Å². The standard InChI is InChI=1S/C13H21N3O2/c1-4-10(8-13(14)16-17)15-11-5-6-12(18-3)9(2)7-11/h5-7,10,15,17H,4,8H2,1-3H3,(H2,14,16). The van der Waals surface area contributed by atoms with Crippen molar-refractivity contribution in [1.82, 2.24) is 0 Å². The Morgan fingerprint density at radius 3 is 2.78 bits per heavy atom. The Labute approximate surface area is 108 Å². The van der Waals surface area contributed by atoms with Gasteiger partial charge in [0.25, 0.3) is 0 Å². The average molecular weight is 251 g/mol. The fourth-order valence-corrected chi connectivity index (χ4v) is 1.79. The van der Waals surface area contributed by atoms with Gasteiger partial charge in [0.1, 0.15) is 11.6 Å². The van der Waals surface area contributed by atoms with E-state index in [9.17, 15) is 0 Å². The second kappa shape index (κ2) is 6.74. The Morgan fingerprint density at radius 1 is 1.56 bits per heavy atom. The molecule has 0 aromatic heterocycles. The number of anilines is 1. The summed E-state index contributed by atoms with van der Waals surface area (Å²) in [5.41, 5.74) is 7.59. The van der Waals surface area contributed by atoms with Crippen LogP contribution in [0.5, 0.6) is 5.75 Å². The van der Waals surface area contributed by atoms with Crippen LogP contribution in [0.25, 0.3) is 0 Å². The molecule has 5 nitrogen and oxygen atoms in total. The number of methoxy groups -OCH3 is 1. The number of hydrogen-bond acceptors (Lipinski definition) is 4. The van der Waals surface area contributed by atoms with E-state index in [-0.39, 0.29) is 11.9 Å². The molecule has 5 heteroatoms. The van der Waals surface area contributed by atoms with Crippen molar-refractivity contribution in [3.63, 3.8) is 0 Å². The fraction of sp³-hybridized carbons (Fsp3) is 0.462. The smallest absolute Gasteiger partial charge is 0.141 e. The van der Waals surface area contributed by atoms with E-state index in [4.69, 9.17) is 15.7 Å². The van der Waals surface area contributed by atoms with Gasteiger partial charge < -0.3 is 21.0 Å². The van der Waals surface area contributed by atoms with Crippen molar-refractivity contribution >= 4 is 11.5 Å². The lowest BCUT2D eigenvalue weighted by molar-refractivity contribution is 0.316. The number of aryl methyl sites for hydroxylation is 1. The molecule has 1 aromatic carbocycles. The summed E-state index contributed by atoms with van der Waals surface area (Å²) >= 11 is 0. The second-order valence-corrected chi connectivity index (χ2v) is 4.23. The lowest BCUT2D eigenvalue weighted by Gasteiger charge is -2.18. The third-order valence-corrected chi connectivity index (χ3v) is 2.84. The Bertz CT molecular complexity index is 419. The molecular formula is C13H21N3O2. The van der Waals surface area contributed by atoms with E-state index in [0.717, 1.165) is 23.4 Å². The molecular weight excluding hydrogens is 230 g/mol. The van der Waals surface area contributed by atoms with Crippen LogP contribution in [-0.2, 0) is 0 Å². The molecule has 1 atom stereocenters. The molecule has 4 N–H and O–H groups in total. The van der Waals surface area contributed by atoms with Crippen molar-refractivity contribution in [3.05, 3.63) is 23.8 Å². The maximum Gasteiger partial charge on any atom is 0.141 e. The lowest BCUT2D eigenvalue weighted by Crippen LogP contribution is -2.26. The molecule has 0 bridgehead atoms. The molecule has 100 valence electrons. The maximum absolute atomic E-state index is 8.58. The number of nitrogens with two attached hydrogens (primary N) is 1. The minimum absolute atomic E-state index is 0.147. The first kappa shape index (κ1) is 14.2. The molecule has 0 spiro atoms. The molecule has 0 aliphatic rings. The van der Waals surface area contributed by atoms with Gasteiger partial charge in [0, 0.05) is 18.2 Å². The Balaban J connectivity index is 2.73. The topological polar surface area (TPSA) is 79.9 Å². The summed E-state index contributed by atoms with van der Waals surface area (Å²) in [7, 11) is 1.66. The summed E-state index contributed by atoms with van der Waals surface area (Å²) in [6, 6.07) is 6.05. The summed E-state index contributed by atoms with van der Waals surface area (Å²) in [5.74, 6) is 1.10. The van der Waals surface area contributed by atoms with Crippen molar-refractivity contribution in [1.29, 1.82) is 0 Å². The highest BCUT2D eigenvalue weighted by atomic mass is 16.5. The van der Waals surface area contributed by atoms with E-state index in [2.05, 4.69) is 17.4 Å². The van der Waals surface area contributed by atoms with Gasteiger partial charge in [-0.3, -0.25) is 0 Å². The van der Waals surface area contributed by atoms with Gasteiger partial charge in [-0.15, -0.1) is 0 Å². The molecule has 18 heavy (non-hydrogen) atoms. The predicted octanol–water partition coefficient (Wildman–Crippen LogP) is 2.33. The first-order valence-corrected chi connectivity index (χ1v) is 5.98. The molecule has 0 fully saturated rings. The Morgan fingerprint density at radius 2 is 2.28 bits per heavy atom. The van der Waals surface area contributed by atoms with Gasteiger partial charge in [0.2, 0.25) is 0 Å². The molecule has 1 unspecified atom stereocenters. The van der Waals surface area contributed by atoms with Gasteiger partial charge in [-0.05, 0) is 37.1 Å². The van der Waals surface area contributed by atoms with Gasteiger partial charge in [0.05, 0.1) is 7.11 Å². The van der Waals surface area contributed by atoms with Crippen molar-refractivity contribution in [2.45, 2.75) is 32.7 Å². The van der Waals surface area contributed by atoms with E-state index in [0.29, 0.717) is 6.42 Å². The van der Waals surface area contributed by atoms with Gasteiger partial charge in [-0.25, -0.2) is 0 Å². The number of benzene rings is 1. The van der Waals surface area contributed by atoms with Crippen molar-refractivity contribution in [2.24, 2.45) is 10.9 Å². The molecule has 0 amide bonds. The molecule has 1 rings (SSSR count). The molecule has 0 saturated carbocycles. The summed E-state index contributed by atoms with van der Waals surface area (Å²) in [4.78, 5) is 0. The van der Waals surface area contributed by atoms with Crippen molar-refractivity contribution < 1.29 is 9.94 Å². The largest absolute Gasteiger partial charge is 0.496 e. The van der Waals surface area contributed by atoms with Gasteiger partial charge in [0.15, 0.2) is 0 Å². The quantitative estimate of drug-likeness (QED) is 0.314. The van der Waals surface area contributed by atoms with Crippen LogP contribution in [0.2, 0.25) is 0 Å². The van der Waals surface area contributed by atoms with Gasteiger partial charge >= 0.3 is 0 Å². The number of rotatable bonds is 6. The normalized spacial score (nSPS) is 13.2. The SMILES string of the molecule is CCC(C/C(N)=N/O)Nc1ccc(OC)c(C)c1. The van der Waals surface area contributed by atoms with Crippen LogP contribution in [0, 0.1) is 6.92 Å². The van der Waals surface area contributed by atoms with Crippen LogP contribution < -0.4 is 15.8 Å². The molecule has 0 aliphatic carbocycles. The molecule has 0 radical (unpaired) electrons. The third kappa shape index (κ3) is 3.84. The molecule has 1 aromatic rings. The first-order valence-electron chi connectivity index (χ1n) is 5.98. The highest BCUT2D eigenvalue weighted by Gasteiger charge is 2.09. The maximum atomic E-state index is 8.58. The zero-order valence-corrected chi connectivity index (χ0v) is 11.1.